The second kappa shape index (κ2) is 11.1. The summed E-state index contributed by atoms with van der Waals surface area (Å²) in [5, 5.41) is 19.2. The molecule has 2 N–H and O–H groups in total. The number of thiazole rings is 1. The standard InChI is InChI=1S/C28H29ClN4O5S2/c29-25-16-31-28(39-25)26(17-9-11-38-12-10-17)23(15-30-27(35)21-3-1-2-4-24(21)34)33-22-8-7-20(13-18(22)14-32-33)40(36,37)19-5-6-19/h1-4,7-8,13-14,16-17,19,23,26,34H,5-6,9-12,15H2,(H,30,35). The summed E-state index contributed by atoms with van der Waals surface area (Å²) in [5.41, 5.74) is 0.942. The van der Waals surface area contributed by atoms with Gasteiger partial charge < -0.3 is 15.2 Å². The lowest BCUT2D eigenvalue weighted by atomic mass is 9.81. The van der Waals surface area contributed by atoms with Gasteiger partial charge in [0.25, 0.3) is 5.91 Å². The Labute approximate surface area is 241 Å². The Hall–Kier alpha value is -2.99. The zero-order valence-corrected chi connectivity index (χ0v) is 24.0. The average Bonchev–Trinajstić information content (AvgIpc) is 3.62. The summed E-state index contributed by atoms with van der Waals surface area (Å²) < 4.78 is 33.9. The molecule has 4 aromatic rings. The van der Waals surface area contributed by atoms with Crippen molar-refractivity contribution in [2.75, 3.05) is 19.8 Å². The number of rotatable bonds is 9. The maximum Gasteiger partial charge on any atom is 0.255 e. The molecule has 2 aromatic heterocycles. The van der Waals surface area contributed by atoms with Crippen LogP contribution in [0.2, 0.25) is 4.34 Å². The molecule has 210 valence electrons. The quantitative estimate of drug-likeness (QED) is 0.278. The molecular weight excluding hydrogens is 572 g/mol. The van der Waals surface area contributed by atoms with Gasteiger partial charge in [-0.3, -0.25) is 9.48 Å². The van der Waals surface area contributed by atoms with Gasteiger partial charge in [-0.2, -0.15) is 5.10 Å². The number of nitrogens with one attached hydrogen (secondary N) is 1. The van der Waals surface area contributed by atoms with Crippen LogP contribution in [-0.2, 0) is 14.6 Å². The Kier molecular flexibility index (Phi) is 7.56. The number of sulfone groups is 1. The van der Waals surface area contributed by atoms with E-state index in [1.807, 2.05) is 4.68 Å². The Bertz CT molecular complexity index is 1640. The third-order valence-corrected chi connectivity index (χ3v) is 11.2. The van der Waals surface area contributed by atoms with E-state index in [9.17, 15) is 18.3 Å². The van der Waals surface area contributed by atoms with E-state index in [1.165, 1.54) is 17.4 Å². The molecule has 2 aromatic carbocycles. The van der Waals surface area contributed by atoms with Gasteiger partial charge in [-0.15, -0.1) is 11.3 Å². The molecule has 9 nitrogen and oxygen atoms in total. The highest BCUT2D eigenvalue weighted by Gasteiger charge is 2.39. The molecule has 0 bridgehead atoms. The number of phenolic OH excluding ortho intramolecular Hbond substituents is 1. The van der Waals surface area contributed by atoms with Crippen LogP contribution in [-0.4, -0.2) is 59.2 Å². The molecule has 1 aliphatic heterocycles. The fourth-order valence-corrected chi connectivity index (χ4v) is 8.42. The van der Waals surface area contributed by atoms with Crippen LogP contribution in [0.4, 0.5) is 0 Å². The van der Waals surface area contributed by atoms with Gasteiger partial charge in [0.1, 0.15) is 10.1 Å². The Morgan fingerprint density at radius 2 is 1.93 bits per heavy atom. The van der Waals surface area contributed by atoms with Crippen molar-refractivity contribution in [2.24, 2.45) is 5.92 Å². The second-order valence-corrected chi connectivity index (χ2v) is 14.2. The number of carbonyl (C=O) groups excluding carboxylic acids is 1. The minimum Gasteiger partial charge on any atom is -0.507 e. The van der Waals surface area contributed by atoms with Crippen molar-refractivity contribution in [3.8, 4) is 5.75 Å². The predicted octanol–water partition coefficient (Wildman–Crippen LogP) is 4.97. The van der Waals surface area contributed by atoms with Gasteiger partial charge in [-0.1, -0.05) is 23.7 Å². The van der Waals surface area contributed by atoms with Crippen molar-refractivity contribution in [1.29, 1.82) is 0 Å². The third-order valence-electron chi connectivity index (χ3n) is 7.76. The zero-order chi connectivity index (χ0) is 27.9. The van der Waals surface area contributed by atoms with Crippen molar-refractivity contribution in [1.82, 2.24) is 20.1 Å². The molecule has 3 heterocycles. The maximum absolute atomic E-state index is 13.1. The summed E-state index contributed by atoms with van der Waals surface area (Å²) in [6, 6.07) is 11.2. The third kappa shape index (κ3) is 5.35. The molecule has 2 aliphatic rings. The van der Waals surface area contributed by atoms with E-state index < -0.39 is 15.7 Å². The first kappa shape index (κ1) is 27.2. The number of hydrogen-bond donors (Lipinski definition) is 2. The normalized spacial score (nSPS) is 18.0. The lowest BCUT2D eigenvalue weighted by molar-refractivity contribution is 0.0497. The summed E-state index contributed by atoms with van der Waals surface area (Å²) in [6.07, 6.45) is 6.34. The van der Waals surface area contributed by atoms with Gasteiger partial charge in [0.2, 0.25) is 0 Å². The number of aromatic hydroxyl groups is 1. The SMILES string of the molecule is O=C(NCC(C(c1ncc(Cl)s1)C1CCOCC1)n1ncc2cc(S(=O)(=O)C3CC3)ccc21)c1ccccc1O. The van der Waals surface area contributed by atoms with E-state index in [-0.39, 0.29) is 41.0 Å². The number of benzene rings is 2. The van der Waals surface area contributed by atoms with Crippen LogP contribution in [0.3, 0.4) is 0 Å². The van der Waals surface area contributed by atoms with E-state index in [1.54, 1.807) is 48.8 Å². The Balaban J connectivity index is 1.41. The highest BCUT2D eigenvalue weighted by molar-refractivity contribution is 7.92. The number of para-hydroxylation sites is 1. The van der Waals surface area contributed by atoms with Gasteiger partial charge in [0.15, 0.2) is 9.84 Å². The van der Waals surface area contributed by atoms with Crippen LogP contribution in [0.25, 0.3) is 10.9 Å². The van der Waals surface area contributed by atoms with Crippen molar-refractivity contribution >= 4 is 49.6 Å². The highest BCUT2D eigenvalue weighted by Crippen LogP contribution is 2.43. The lowest BCUT2D eigenvalue weighted by Gasteiger charge is -2.35. The first-order chi connectivity index (χ1) is 19.3. The van der Waals surface area contributed by atoms with Crippen LogP contribution in [0.15, 0.2) is 59.8 Å². The second-order valence-electron chi connectivity index (χ2n) is 10.3. The van der Waals surface area contributed by atoms with Gasteiger partial charge in [-0.25, -0.2) is 13.4 Å². The van der Waals surface area contributed by atoms with Crippen LogP contribution in [0, 0.1) is 5.92 Å². The monoisotopic (exact) mass is 600 g/mol. The van der Waals surface area contributed by atoms with E-state index in [2.05, 4.69) is 10.3 Å². The maximum atomic E-state index is 13.1. The van der Waals surface area contributed by atoms with Crippen molar-refractivity contribution in [3.63, 3.8) is 0 Å². The largest absolute Gasteiger partial charge is 0.507 e. The molecule has 0 radical (unpaired) electrons. The summed E-state index contributed by atoms with van der Waals surface area (Å²) >= 11 is 7.75. The van der Waals surface area contributed by atoms with Crippen molar-refractivity contribution in [3.05, 3.63) is 69.8 Å². The minimum atomic E-state index is -3.35. The molecule has 0 spiro atoms. The van der Waals surface area contributed by atoms with Crippen molar-refractivity contribution in [2.45, 2.75) is 47.8 Å². The molecule has 1 amide bonds. The summed E-state index contributed by atoms with van der Waals surface area (Å²) in [4.78, 5) is 18.1. The van der Waals surface area contributed by atoms with Crippen LogP contribution in [0.1, 0.15) is 53.0 Å². The van der Waals surface area contributed by atoms with E-state index in [0.717, 1.165) is 23.4 Å². The van der Waals surface area contributed by atoms with Crippen molar-refractivity contribution < 1.29 is 23.1 Å². The number of phenols is 1. The van der Waals surface area contributed by atoms with Crippen LogP contribution >= 0.6 is 22.9 Å². The number of amides is 1. The molecule has 1 saturated heterocycles. The molecule has 2 unspecified atom stereocenters. The highest BCUT2D eigenvalue weighted by atomic mass is 35.5. The minimum absolute atomic E-state index is 0.0989. The number of hydrogen-bond acceptors (Lipinski definition) is 8. The van der Waals surface area contributed by atoms with Crippen LogP contribution < -0.4 is 5.32 Å². The van der Waals surface area contributed by atoms with Gasteiger partial charge >= 0.3 is 0 Å². The van der Waals surface area contributed by atoms with Crippen LogP contribution in [0.5, 0.6) is 5.75 Å². The number of aromatic nitrogens is 3. The van der Waals surface area contributed by atoms with Gasteiger partial charge in [0.05, 0.1) is 44.7 Å². The summed E-state index contributed by atoms with van der Waals surface area (Å²) in [6.45, 7) is 1.45. The molecule has 2 fully saturated rings. The number of nitrogens with zero attached hydrogens (tertiary/aromatic N) is 3. The molecule has 12 heteroatoms. The molecule has 40 heavy (non-hydrogen) atoms. The smallest absolute Gasteiger partial charge is 0.255 e. The Morgan fingerprint density at radius 3 is 2.62 bits per heavy atom. The number of halogens is 1. The molecule has 1 saturated carbocycles. The average molecular weight is 601 g/mol. The number of ether oxygens (including phenoxy) is 1. The first-order valence-corrected chi connectivity index (χ1v) is 16.0. The van der Waals surface area contributed by atoms with E-state index in [0.29, 0.717) is 40.7 Å². The number of fused-ring (bicyclic) bond motifs is 1. The Morgan fingerprint density at radius 1 is 1.15 bits per heavy atom. The molecule has 6 rings (SSSR count). The fourth-order valence-electron chi connectivity index (χ4n) is 5.54. The fraction of sp³-hybridized carbons (Fsp3) is 0.393. The molecule has 2 atom stereocenters. The number of carbonyl (C=O) groups is 1. The van der Waals surface area contributed by atoms with E-state index in [4.69, 9.17) is 21.4 Å². The van der Waals surface area contributed by atoms with Gasteiger partial charge in [-0.05, 0) is 61.9 Å². The predicted molar refractivity (Wildman–Crippen MR) is 153 cm³/mol. The summed E-state index contributed by atoms with van der Waals surface area (Å²) in [5.74, 6) is -0.459. The van der Waals surface area contributed by atoms with E-state index >= 15 is 0 Å². The molecular formula is C28H29ClN4O5S2. The summed E-state index contributed by atoms with van der Waals surface area (Å²) in [7, 11) is -3.35. The lowest BCUT2D eigenvalue weighted by Crippen LogP contribution is -2.37. The van der Waals surface area contributed by atoms with Gasteiger partial charge in [0, 0.05) is 31.1 Å². The first-order valence-electron chi connectivity index (χ1n) is 13.3. The topological polar surface area (TPSA) is 123 Å². The zero-order valence-electron chi connectivity index (χ0n) is 21.6. The molecule has 1 aliphatic carbocycles.